The fourth-order valence-corrected chi connectivity index (χ4v) is 5.09. The molecule has 0 amide bonds. The molecule has 1 aliphatic carbocycles. The summed E-state index contributed by atoms with van der Waals surface area (Å²) in [5.74, 6) is -1.75. The highest BCUT2D eigenvalue weighted by Gasteiger charge is 2.22. The number of aromatic nitrogens is 2. The molecule has 0 saturated carbocycles. The van der Waals surface area contributed by atoms with Crippen LogP contribution in [-0.4, -0.2) is 40.7 Å². The van der Waals surface area contributed by atoms with Crippen molar-refractivity contribution in [1.29, 1.82) is 0 Å². The average Bonchev–Trinajstić information content (AvgIpc) is 3.34. The number of carbonyl (C=O) groups is 2. The zero-order chi connectivity index (χ0) is 21.3. The van der Waals surface area contributed by atoms with Crippen LogP contribution >= 0.6 is 23.7 Å². The zero-order valence-electron chi connectivity index (χ0n) is 16.8. The molecule has 0 atom stereocenters. The van der Waals surface area contributed by atoms with E-state index in [0.717, 1.165) is 44.3 Å². The number of aryl methyl sites for hydroxylation is 2. The summed E-state index contributed by atoms with van der Waals surface area (Å²) in [5.41, 5.74) is 3.90. The number of thiophene rings is 1. The van der Waals surface area contributed by atoms with Crippen LogP contribution in [0.1, 0.15) is 49.0 Å². The molecule has 0 bridgehead atoms. The van der Waals surface area contributed by atoms with E-state index in [1.807, 2.05) is 18.2 Å². The van der Waals surface area contributed by atoms with Crippen molar-refractivity contribution in [2.24, 2.45) is 0 Å². The van der Waals surface area contributed by atoms with Crippen LogP contribution in [0.25, 0.3) is 10.2 Å². The molecule has 3 heterocycles. The summed E-state index contributed by atoms with van der Waals surface area (Å²) in [6.45, 7) is 1.87. The lowest BCUT2D eigenvalue weighted by atomic mass is 9.99. The lowest BCUT2D eigenvalue weighted by molar-refractivity contribution is 0.0599. The largest absolute Gasteiger partial charge is 0.475 e. The molecule has 8 nitrogen and oxygen atoms in total. The number of hydrogen-bond acceptors (Lipinski definition) is 7. The van der Waals surface area contributed by atoms with Gasteiger partial charge < -0.3 is 20.1 Å². The number of halogens is 1. The van der Waals surface area contributed by atoms with Crippen molar-refractivity contribution < 1.29 is 19.4 Å². The van der Waals surface area contributed by atoms with Crippen LogP contribution < -0.4 is 10.9 Å². The van der Waals surface area contributed by atoms with Gasteiger partial charge in [0.1, 0.15) is 4.83 Å². The maximum absolute atomic E-state index is 11.8. The van der Waals surface area contributed by atoms with Gasteiger partial charge in [0.15, 0.2) is 0 Å². The van der Waals surface area contributed by atoms with E-state index in [2.05, 4.69) is 20.0 Å². The van der Waals surface area contributed by atoms with Gasteiger partial charge >= 0.3 is 11.9 Å². The fraction of sp³-hybridized carbons (Fsp3) is 0.333. The van der Waals surface area contributed by atoms with E-state index in [-0.39, 0.29) is 29.8 Å². The van der Waals surface area contributed by atoms with Crippen LogP contribution in [0.4, 0.5) is 0 Å². The number of rotatable bonds is 2. The normalized spacial score (nSPS) is 14.0. The number of fused-ring (bicyclic) bond motifs is 4. The van der Waals surface area contributed by atoms with Crippen molar-refractivity contribution in [3.05, 3.63) is 61.5 Å². The Morgan fingerprint density at radius 1 is 1.19 bits per heavy atom. The summed E-state index contributed by atoms with van der Waals surface area (Å²) in [5, 5.41) is 12.6. The standard InChI is InChI=1S/C11H13NO2.C10H8N2O3S.ClH/c1-14-11(13)9-3-2-8-4-5-12-7-10(8)6-9;13-8-6-4-2-1-3-5(4)16-9(6)12-7(11-8)10(14)15;/h2-3,6,12H,4-5,7H2,1H3;1-3H2,(H,14,15)(H,11,12,13);1H. The number of benzene rings is 1. The molecule has 3 aromatic rings. The molecule has 164 valence electrons. The van der Waals surface area contributed by atoms with Crippen LogP contribution in [0.3, 0.4) is 0 Å². The van der Waals surface area contributed by atoms with Gasteiger partial charge in [-0.25, -0.2) is 14.6 Å². The third-order valence-electron chi connectivity index (χ3n) is 5.29. The van der Waals surface area contributed by atoms with Gasteiger partial charge in [-0.05, 0) is 61.1 Å². The summed E-state index contributed by atoms with van der Waals surface area (Å²) in [4.78, 5) is 41.8. The second-order valence-electron chi connectivity index (χ2n) is 7.16. The first-order valence-corrected chi connectivity index (χ1v) is 10.5. The number of carbonyl (C=O) groups excluding carboxylic acids is 1. The molecule has 5 rings (SSSR count). The quantitative estimate of drug-likeness (QED) is 0.499. The van der Waals surface area contributed by atoms with E-state index in [0.29, 0.717) is 15.8 Å². The van der Waals surface area contributed by atoms with Crippen LogP contribution in [0.2, 0.25) is 0 Å². The number of aromatic amines is 1. The number of carboxylic acids is 1. The van der Waals surface area contributed by atoms with E-state index in [9.17, 15) is 14.4 Å². The molecular weight excluding hydrogens is 442 g/mol. The molecule has 1 aliphatic heterocycles. The van der Waals surface area contributed by atoms with Crippen LogP contribution in [0.15, 0.2) is 23.0 Å². The lowest BCUT2D eigenvalue weighted by Crippen LogP contribution is -2.23. The minimum absolute atomic E-state index is 0. The zero-order valence-corrected chi connectivity index (χ0v) is 18.5. The van der Waals surface area contributed by atoms with Crippen LogP contribution in [0.5, 0.6) is 0 Å². The van der Waals surface area contributed by atoms with E-state index < -0.39 is 5.97 Å². The Hall–Kier alpha value is -2.75. The Balaban J connectivity index is 0.000000172. The second-order valence-corrected chi connectivity index (χ2v) is 8.24. The first-order valence-electron chi connectivity index (χ1n) is 9.66. The van der Waals surface area contributed by atoms with Gasteiger partial charge in [-0.15, -0.1) is 23.7 Å². The molecule has 31 heavy (non-hydrogen) atoms. The van der Waals surface area contributed by atoms with Crippen LogP contribution in [0, 0.1) is 0 Å². The Bertz CT molecular complexity index is 1200. The van der Waals surface area contributed by atoms with Crippen molar-refractivity contribution in [3.63, 3.8) is 0 Å². The van der Waals surface area contributed by atoms with E-state index in [4.69, 9.17) is 5.11 Å². The molecular formula is C21H22ClN3O5S. The van der Waals surface area contributed by atoms with Gasteiger partial charge in [0.05, 0.1) is 18.1 Å². The van der Waals surface area contributed by atoms with Gasteiger partial charge in [-0.3, -0.25) is 4.79 Å². The number of nitrogens with one attached hydrogen (secondary N) is 2. The summed E-state index contributed by atoms with van der Waals surface area (Å²) in [6, 6.07) is 5.76. The number of hydrogen-bond donors (Lipinski definition) is 3. The van der Waals surface area contributed by atoms with Crippen molar-refractivity contribution >= 4 is 45.9 Å². The van der Waals surface area contributed by atoms with E-state index >= 15 is 0 Å². The predicted octanol–water partition coefficient (Wildman–Crippen LogP) is 2.71. The Labute approximate surface area is 188 Å². The molecule has 2 aliphatic rings. The van der Waals surface area contributed by atoms with Gasteiger partial charge in [0.25, 0.3) is 5.56 Å². The summed E-state index contributed by atoms with van der Waals surface area (Å²) in [6.07, 6.45) is 3.97. The van der Waals surface area contributed by atoms with Crippen molar-refractivity contribution in [3.8, 4) is 0 Å². The summed E-state index contributed by atoms with van der Waals surface area (Å²) < 4.78 is 4.67. The molecule has 3 N–H and O–H groups in total. The summed E-state index contributed by atoms with van der Waals surface area (Å²) >= 11 is 1.44. The van der Waals surface area contributed by atoms with Crippen LogP contribution in [-0.2, 0) is 30.5 Å². The van der Waals surface area contributed by atoms with Crippen molar-refractivity contribution in [2.45, 2.75) is 32.2 Å². The number of H-pyrrole nitrogens is 1. The number of methoxy groups -OCH3 is 1. The lowest BCUT2D eigenvalue weighted by Gasteiger charge is -2.17. The molecule has 0 radical (unpaired) electrons. The van der Waals surface area contributed by atoms with E-state index in [1.54, 1.807) is 0 Å². The Morgan fingerprint density at radius 2 is 2.00 bits per heavy atom. The molecule has 2 aromatic heterocycles. The molecule has 0 spiro atoms. The first kappa shape index (κ1) is 22.9. The maximum atomic E-state index is 11.8. The minimum Gasteiger partial charge on any atom is -0.475 e. The Morgan fingerprint density at radius 3 is 2.74 bits per heavy atom. The predicted molar refractivity (Wildman–Crippen MR) is 120 cm³/mol. The number of esters is 1. The summed E-state index contributed by atoms with van der Waals surface area (Å²) in [7, 11) is 1.40. The van der Waals surface area contributed by atoms with Crippen molar-refractivity contribution in [2.75, 3.05) is 13.7 Å². The third kappa shape index (κ3) is 4.63. The van der Waals surface area contributed by atoms with Crippen molar-refractivity contribution in [1.82, 2.24) is 15.3 Å². The highest BCUT2D eigenvalue weighted by molar-refractivity contribution is 7.18. The topological polar surface area (TPSA) is 121 Å². The number of aromatic carboxylic acids is 1. The monoisotopic (exact) mass is 463 g/mol. The average molecular weight is 464 g/mol. The smallest absolute Gasteiger partial charge is 0.372 e. The highest BCUT2D eigenvalue weighted by atomic mass is 35.5. The van der Waals surface area contributed by atoms with Gasteiger partial charge in [0.2, 0.25) is 5.82 Å². The molecule has 10 heteroatoms. The third-order valence-corrected chi connectivity index (χ3v) is 6.48. The first-order chi connectivity index (χ1) is 14.5. The van der Waals surface area contributed by atoms with Gasteiger partial charge in [0, 0.05) is 11.4 Å². The Kier molecular flexibility index (Phi) is 7.09. The second kappa shape index (κ2) is 9.59. The van der Waals surface area contributed by atoms with E-state index in [1.165, 1.54) is 34.5 Å². The highest BCUT2D eigenvalue weighted by Crippen LogP contribution is 2.34. The number of carboxylic acid groups (broad SMARTS) is 1. The number of ether oxygens (including phenoxy) is 1. The maximum Gasteiger partial charge on any atom is 0.372 e. The fourth-order valence-electron chi connectivity index (χ4n) is 3.83. The molecule has 1 aromatic carbocycles. The molecule has 0 unspecified atom stereocenters. The SMILES string of the molecule is COC(=O)c1ccc2c(c1)CNCC2.Cl.O=C(O)c1nc2sc3c(c2c(=O)[nH]1)CCC3. The molecule has 0 saturated heterocycles. The minimum atomic E-state index is -1.20. The number of nitrogens with zero attached hydrogens (tertiary/aromatic N) is 1. The van der Waals surface area contributed by atoms with Gasteiger partial charge in [-0.1, -0.05) is 6.07 Å². The van der Waals surface area contributed by atoms with Gasteiger partial charge in [-0.2, -0.15) is 0 Å². The molecule has 0 fully saturated rings.